The minimum absolute atomic E-state index is 0.00603. The summed E-state index contributed by atoms with van der Waals surface area (Å²) in [5.74, 6) is 0.409. The molecule has 232 valence electrons. The average molecular weight is 628 g/mol. The van der Waals surface area contributed by atoms with Gasteiger partial charge in [0.15, 0.2) is 11.5 Å². The molecule has 1 unspecified atom stereocenters. The van der Waals surface area contributed by atoms with E-state index in [9.17, 15) is 22.8 Å². The second-order valence-corrected chi connectivity index (χ2v) is 12.2. The number of amides is 2. The number of hydrogen-bond acceptors (Lipinski definition) is 8. The van der Waals surface area contributed by atoms with Crippen molar-refractivity contribution in [3.63, 3.8) is 0 Å². The topological polar surface area (TPSA) is 115 Å². The van der Waals surface area contributed by atoms with Crippen molar-refractivity contribution in [3.05, 3.63) is 63.8 Å². The van der Waals surface area contributed by atoms with E-state index in [1.54, 1.807) is 22.3 Å². The quantitative estimate of drug-likeness (QED) is 0.278. The number of fused-ring (bicyclic) bond motifs is 1. The molecule has 0 bridgehead atoms. The van der Waals surface area contributed by atoms with Crippen LogP contribution in [0, 0.1) is 11.8 Å². The molecule has 44 heavy (non-hydrogen) atoms. The molecule has 5 heterocycles. The maximum Gasteiger partial charge on any atom is 0.433 e. The zero-order valence-corrected chi connectivity index (χ0v) is 24.9. The highest BCUT2D eigenvalue weighted by Crippen LogP contribution is 2.38. The van der Waals surface area contributed by atoms with E-state index in [-0.39, 0.29) is 58.8 Å². The third-order valence-corrected chi connectivity index (χ3v) is 9.40. The fourth-order valence-electron chi connectivity index (χ4n) is 6.28. The van der Waals surface area contributed by atoms with Gasteiger partial charge >= 0.3 is 6.18 Å². The molecule has 2 N–H and O–H groups in total. The Labute approximate surface area is 255 Å². The van der Waals surface area contributed by atoms with E-state index in [0.717, 1.165) is 25.5 Å². The van der Waals surface area contributed by atoms with Crippen molar-refractivity contribution in [2.45, 2.75) is 44.9 Å². The van der Waals surface area contributed by atoms with Crippen LogP contribution in [-0.4, -0.2) is 58.3 Å². The largest absolute Gasteiger partial charge is 0.494 e. The van der Waals surface area contributed by atoms with Gasteiger partial charge in [-0.3, -0.25) is 9.59 Å². The zero-order chi connectivity index (χ0) is 31.0. The molecule has 13 heteroatoms. The Bertz CT molecular complexity index is 1660. The lowest BCUT2D eigenvalue weighted by Gasteiger charge is -2.40. The maximum atomic E-state index is 13.6. The van der Waals surface area contributed by atoms with Crippen LogP contribution in [0.1, 0.15) is 52.5 Å². The Morgan fingerprint density at radius 2 is 1.91 bits per heavy atom. The number of hydrogen-bond donors (Lipinski definition) is 1. The van der Waals surface area contributed by atoms with Crippen LogP contribution < -0.4 is 10.5 Å². The first kappa shape index (κ1) is 30.1. The van der Waals surface area contributed by atoms with Crippen LogP contribution in [0.3, 0.4) is 0 Å². The number of halogens is 3. The Balaban J connectivity index is 1.19. The van der Waals surface area contributed by atoms with E-state index in [2.05, 4.69) is 9.97 Å². The van der Waals surface area contributed by atoms with Crippen molar-refractivity contribution in [3.8, 4) is 17.2 Å². The van der Waals surface area contributed by atoms with Gasteiger partial charge in [-0.25, -0.2) is 9.97 Å². The number of pyridine rings is 1. The molecule has 4 aromatic rings. The van der Waals surface area contributed by atoms with Gasteiger partial charge in [-0.15, -0.1) is 11.3 Å². The highest BCUT2D eigenvalue weighted by Gasteiger charge is 2.38. The molecule has 1 atom stereocenters. The number of methoxy groups -OCH3 is 1. The third kappa shape index (κ3) is 5.77. The summed E-state index contributed by atoms with van der Waals surface area (Å²) in [4.78, 5) is 40.1. The molecular formula is C31H32F3N5O4S. The standard InChI is InChI=1S/C31H32F3N5O4S/c1-42-23-8-6-22(21-7-9-25(31(32,33)34)36-26(21)23)28-37-27(24(16-35)43-28)30(41)38-13-10-18(11-14-38)20-5-2-12-39(29(20)40)17-19-4-3-15-44-19/h3-4,6-9,15,18,20H,2,5,10-14,16-17,35H2,1H3. The van der Waals surface area contributed by atoms with E-state index >= 15 is 0 Å². The van der Waals surface area contributed by atoms with E-state index < -0.39 is 11.9 Å². The predicted octanol–water partition coefficient (Wildman–Crippen LogP) is 5.73. The number of oxazole rings is 1. The van der Waals surface area contributed by atoms with Gasteiger partial charge in [0, 0.05) is 41.4 Å². The molecule has 2 fully saturated rings. The van der Waals surface area contributed by atoms with E-state index in [4.69, 9.17) is 14.9 Å². The third-order valence-electron chi connectivity index (χ3n) is 8.54. The fourth-order valence-corrected chi connectivity index (χ4v) is 7.00. The number of ether oxygens (including phenoxy) is 1. The highest BCUT2D eigenvalue weighted by molar-refractivity contribution is 7.09. The van der Waals surface area contributed by atoms with Crippen molar-refractivity contribution >= 4 is 34.1 Å². The Kier molecular flexibility index (Phi) is 8.34. The SMILES string of the molecule is COc1ccc(-c2nc(C(=O)N3CCC(C4CCCN(Cc5cccs5)C4=O)CC3)c(CN)o2)c2ccc(C(F)(F)F)nc12. The van der Waals surface area contributed by atoms with Crippen molar-refractivity contribution in [1.29, 1.82) is 0 Å². The minimum Gasteiger partial charge on any atom is -0.494 e. The molecule has 0 spiro atoms. The Morgan fingerprint density at radius 3 is 2.59 bits per heavy atom. The van der Waals surface area contributed by atoms with Gasteiger partial charge in [-0.05, 0) is 67.3 Å². The van der Waals surface area contributed by atoms with Crippen LogP contribution >= 0.6 is 11.3 Å². The molecule has 0 saturated carbocycles. The average Bonchev–Trinajstić information content (AvgIpc) is 3.71. The first-order valence-corrected chi connectivity index (χ1v) is 15.4. The summed E-state index contributed by atoms with van der Waals surface area (Å²) >= 11 is 1.65. The van der Waals surface area contributed by atoms with Crippen LogP contribution in [0.15, 0.2) is 46.2 Å². The zero-order valence-electron chi connectivity index (χ0n) is 24.1. The number of likely N-dealkylation sites (tertiary alicyclic amines) is 2. The first-order valence-electron chi connectivity index (χ1n) is 14.5. The van der Waals surface area contributed by atoms with Gasteiger partial charge in [0.2, 0.25) is 11.8 Å². The second kappa shape index (κ2) is 12.2. The number of carbonyl (C=O) groups excluding carboxylic acids is 2. The van der Waals surface area contributed by atoms with Gasteiger partial charge in [-0.2, -0.15) is 13.2 Å². The molecule has 2 amide bonds. The molecule has 6 rings (SSSR count). The van der Waals surface area contributed by atoms with E-state index in [0.29, 0.717) is 43.4 Å². The summed E-state index contributed by atoms with van der Waals surface area (Å²) in [6, 6.07) is 9.30. The number of carbonyl (C=O) groups is 2. The van der Waals surface area contributed by atoms with Crippen LogP contribution in [0.25, 0.3) is 22.4 Å². The Hall–Kier alpha value is -3.97. The van der Waals surface area contributed by atoms with Crippen molar-refractivity contribution in [1.82, 2.24) is 19.8 Å². The lowest BCUT2D eigenvalue weighted by Crippen LogP contribution is -2.47. The molecule has 9 nitrogen and oxygen atoms in total. The lowest BCUT2D eigenvalue weighted by atomic mass is 9.79. The summed E-state index contributed by atoms with van der Waals surface area (Å²) in [5.41, 5.74) is 5.30. The number of rotatable bonds is 7. The smallest absolute Gasteiger partial charge is 0.433 e. The number of piperidine rings is 2. The van der Waals surface area contributed by atoms with Gasteiger partial charge in [0.05, 0.1) is 20.2 Å². The van der Waals surface area contributed by atoms with Crippen molar-refractivity contribution in [2.24, 2.45) is 17.6 Å². The van der Waals surface area contributed by atoms with Crippen LogP contribution in [0.5, 0.6) is 5.75 Å². The molecule has 0 aliphatic carbocycles. The minimum atomic E-state index is -4.63. The molecule has 0 radical (unpaired) electrons. The number of benzene rings is 1. The highest BCUT2D eigenvalue weighted by atomic mass is 32.1. The molecule has 2 saturated heterocycles. The fraction of sp³-hybridized carbons (Fsp3) is 0.419. The number of thiophene rings is 1. The molecule has 3 aromatic heterocycles. The molecule has 2 aliphatic rings. The van der Waals surface area contributed by atoms with Crippen LogP contribution in [0.4, 0.5) is 13.2 Å². The van der Waals surface area contributed by atoms with Gasteiger partial charge in [0.1, 0.15) is 17.0 Å². The van der Waals surface area contributed by atoms with Gasteiger partial charge < -0.3 is 24.7 Å². The second-order valence-electron chi connectivity index (χ2n) is 11.1. The molecule has 2 aliphatic heterocycles. The van der Waals surface area contributed by atoms with Crippen LogP contribution in [0.2, 0.25) is 0 Å². The maximum absolute atomic E-state index is 13.6. The van der Waals surface area contributed by atoms with Gasteiger partial charge in [-0.1, -0.05) is 6.07 Å². The van der Waals surface area contributed by atoms with E-state index in [1.165, 1.54) is 24.1 Å². The summed E-state index contributed by atoms with van der Waals surface area (Å²) in [6.07, 6.45) is -1.40. The summed E-state index contributed by atoms with van der Waals surface area (Å²) < 4.78 is 51.3. The van der Waals surface area contributed by atoms with Crippen molar-refractivity contribution < 1.29 is 31.9 Å². The Morgan fingerprint density at radius 1 is 1.11 bits per heavy atom. The summed E-state index contributed by atoms with van der Waals surface area (Å²) in [6.45, 7) is 2.26. The normalized spacial score (nSPS) is 18.3. The number of nitrogens with zero attached hydrogens (tertiary/aromatic N) is 4. The number of aromatic nitrogens is 2. The van der Waals surface area contributed by atoms with E-state index in [1.807, 2.05) is 22.4 Å². The summed E-state index contributed by atoms with van der Waals surface area (Å²) in [7, 11) is 1.35. The van der Waals surface area contributed by atoms with Gasteiger partial charge in [0.25, 0.3) is 5.91 Å². The summed E-state index contributed by atoms with van der Waals surface area (Å²) in [5, 5.41) is 2.35. The number of nitrogens with two attached hydrogens (primary N) is 1. The van der Waals surface area contributed by atoms with Crippen molar-refractivity contribution in [2.75, 3.05) is 26.7 Å². The molecule has 1 aromatic carbocycles. The van der Waals surface area contributed by atoms with Crippen LogP contribution in [-0.2, 0) is 24.1 Å². The predicted molar refractivity (Wildman–Crippen MR) is 158 cm³/mol. The lowest BCUT2D eigenvalue weighted by molar-refractivity contribution is -0.142. The monoisotopic (exact) mass is 627 g/mol. The first-order chi connectivity index (χ1) is 21.2. The number of alkyl halides is 3. The molecular weight excluding hydrogens is 595 g/mol.